The van der Waals surface area contributed by atoms with Crippen molar-refractivity contribution >= 4 is 45.0 Å². The average Bonchev–Trinajstić information content (AvgIpc) is 3.98. The molecule has 1 unspecified atom stereocenters. The van der Waals surface area contributed by atoms with Gasteiger partial charge >= 0.3 is 6.01 Å². The lowest BCUT2D eigenvalue weighted by molar-refractivity contribution is -0.144. The third-order valence-electron chi connectivity index (χ3n) is 9.24. The summed E-state index contributed by atoms with van der Waals surface area (Å²) in [6, 6.07) is -0.318. The number of nitrogens with one attached hydrogen (secondary N) is 3. The van der Waals surface area contributed by atoms with Crippen LogP contribution in [0.25, 0.3) is 10.7 Å². The van der Waals surface area contributed by atoms with Crippen LogP contribution in [-0.4, -0.2) is 87.4 Å². The summed E-state index contributed by atoms with van der Waals surface area (Å²) in [5.41, 5.74) is -1.68. The molecule has 0 radical (unpaired) electrons. The van der Waals surface area contributed by atoms with Crippen LogP contribution in [0, 0.1) is 17.3 Å². The standard InChI is InChI=1S/C32H41N7O7S2/c1-5-19-16-32(19,29(43)38-48(44,45)21-8-9-21)37-26(41)23-15-20(46-30-34-11-10-22(35-30)27-33-12-13-47-27)17-39(23)28(42)25(31(2,3)4)36-24(40)14-18-6-7-18/h5,10-13,18-21,23,25H,1,6-9,14-17H2,2-4H3,(H,36,40)(H,37,41)(H,38,43)/t19?,20-,23+,25-,32-/m1/s1. The van der Waals surface area contributed by atoms with E-state index in [4.69, 9.17) is 4.74 Å². The Hall–Kier alpha value is -3.92. The lowest BCUT2D eigenvalue weighted by Crippen LogP contribution is -2.60. The van der Waals surface area contributed by atoms with Gasteiger partial charge in [-0.3, -0.25) is 23.9 Å². The van der Waals surface area contributed by atoms with Gasteiger partial charge in [0.2, 0.25) is 27.7 Å². The van der Waals surface area contributed by atoms with Gasteiger partial charge in [-0.1, -0.05) is 26.8 Å². The number of hydrogen-bond donors (Lipinski definition) is 3. The van der Waals surface area contributed by atoms with Crippen molar-refractivity contribution < 1.29 is 32.3 Å². The molecular weight excluding hydrogens is 659 g/mol. The van der Waals surface area contributed by atoms with E-state index < -0.39 is 68.1 Å². The molecule has 3 N–H and O–H groups in total. The zero-order valence-corrected chi connectivity index (χ0v) is 28.8. The maximum absolute atomic E-state index is 14.3. The molecule has 0 bridgehead atoms. The SMILES string of the molecule is C=CC1C[C@]1(NC(=O)[C@@H]1C[C@@H](Oc2nccc(-c3nccs3)n2)CN1C(=O)[C@@H](NC(=O)CC1CC1)C(C)(C)C)C(=O)NS(=O)(=O)C1CC1. The molecule has 0 spiro atoms. The molecule has 1 aliphatic heterocycles. The van der Waals surface area contributed by atoms with Crippen LogP contribution >= 0.6 is 11.3 Å². The minimum Gasteiger partial charge on any atom is -0.458 e. The molecule has 1 saturated heterocycles. The number of nitrogens with zero attached hydrogens (tertiary/aromatic N) is 4. The first-order chi connectivity index (χ1) is 22.7. The molecule has 3 saturated carbocycles. The van der Waals surface area contributed by atoms with Gasteiger partial charge in [-0.25, -0.2) is 18.4 Å². The molecule has 258 valence electrons. The molecule has 4 fully saturated rings. The normalized spacial score (nSPS) is 25.9. The van der Waals surface area contributed by atoms with Gasteiger partial charge < -0.3 is 20.3 Å². The van der Waals surface area contributed by atoms with Crippen molar-refractivity contribution in [3.63, 3.8) is 0 Å². The van der Waals surface area contributed by atoms with Crippen LogP contribution in [0.3, 0.4) is 0 Å². The van der Waals surface area contributed by atoms with Crippen molar-refractivity contribution in [2.75, 3.05) is 6.54 Å². The van der Waals surface area contributed by atoms with Crippen molar-refractivity contribution in [2.45, 2.75) is 94.7 Å². The van der Waals surface area contributed by atoms with Crippen LogP contribution in [-0.2, 0) is 29.2 Å². The van der Waals surface area contributed by atoms with Gasteiger partial charge in [-0.05, 0) is 49.5 Å². The van der Waals surface area contributed by atoms with E-state index in [9.17, 15) is 27.6 Å². The summed E-state index contributed by atoms with van der Waals surface area (Å²) in [5, 5.41) is 7.56. The molecule has 6 rings (SSSR count). The van der Waals surface area contributed by atoms with Crippen molar-refractivity contribution in [3.05, 3.63) is 36.5 Å². The predicted octanol–water partition coefficient (Wildman–Crippen LogP) is 1.95. The second kappa shape index (κ2) is 12.8. The third-order valence-corrected chi connectivity index (χ3v) is 11.9. The Morgan fingerprint density at radius 3 is 2.52 bits per heavy atom. The molecule has 3 aliphatic carbocycles. The Kier molecular flexibility index (Phi) is 9.08. The summed E-state index contributed by atoms with van der Waals surface area (Å²) >= 11 is 1.40. The number of sulfonamides is 1. The number of rotatable bonds is 13. The minimum absolute atomic E-state index is 0.0209. The van der Waals surface area contributed by atoms with E-state index in [2.05, 4.69) is 36.9 Å². The Labute approximate surface area is 283 Å². The first-order valence-electron chi connectivity index (χ1n) is 16.2. The smallest absolute Gasteiger partial charge is 0.317 e. The van der Waals surface area contributed by atoms with Crippen LogP contribution < -0.4 is 20.1 Å². The third kappa shape index (κ3) is 7.38. The van der Waals surface area contributed by atoms with Crippen molar-refractivity contribution in [1.82, 2.24) is 35.2 Å². The van der Waals surface area contributed by atoms with Crippen LogP contribution in [0.4, 0.5) is 0 Å². The van der Waals surface area contributed by atoms with E-state index in [-0.39, 0.29) is 31.3 Å². The Bertz CT molecular complexity index is 1700. The quantitative estimate of drug-likeness (QED) is 0.261. The van der Waals surface area contributed by atoms with E-state index in [0.29, 0.717) is 35.9 Å². The van der Waals surface area contributed by atoms with E-state index in [1.807, 2.05) is 26.2 Å². The fourth-order valence-electron chi connectivity index (χ4n) is 6.03. The molecule has 3 heterocycles. The van der Waals surface area contributed by atoms with Crippen molar-refractivity contribution in [2.24, 2.45) is 17.3 Å². The maximum atomic E-state index is 14.3. The van der Waals surface area contributed by atoms with Gasteiger partial charge in [0.1, 0.15) is 34.4 Å². The summed E-state index contributed by atoms with van der Waals surface area (Å²) in [4.78, 5) is 69.0. The van der Waals surface area contributed by atoms with Gasteiger partial charge in [0.15, 0.2) is 0 Å². The number of aromatic nitrogens is 3. The largest absolute Gasteiger partial charge is 0.458 e. The van der Waals surface area contributed by atoms with Gasteiger partial charge in [0.25, 0.3) is 5.91 Å². The fourth-order valence-corrected chi connectivity index (χ4v) is 8.00. The van der Waals surface area contributed by atoms with Crippen LogP contribution in [0.5, 0.6) is 6.01 Å². The van der Waals surface area contributed by atoms with Crippen LogP contribution in [0.1, 0.15) is 65.7 Å². The van der Waals surface area contributed by atoms with Crippen LogP contribution in [0.15, 0.2) is 36.5 Å². The van der Waals surface area contributed by atoms with Gasteiger partial charge in [-0.2, -0.15) is 4.98 Å². The highest BCUT2D eigenvalue weighted by Gasteiger charge is 2.62. The highest BCUT2D eigenvalue weighted by atomic mass is 32.2. The monoisotopic (exact) mass is 699 g/mol. The fraction of sp³-hybridized carbons (Fsp3) is 0.594. The van der Waals surface area contributed by atoms with Gasteiger partial charge in [-0.15, -0.1) is 17.9 Å². The lowest BCUT2D eigenvalue weighted by atomic mass is 9.85. The maximum Gasteiger partial charge on any atom is 0.317 e. The highest BCUT2D eigenvalue weighted by molar-refractivity contribution is 7.91. The minimum atomic E-state index is -3.87. The number of thiazole rings is 1. The second-order valence-electron chi connectivity index (χ2n) is 14.2. The Morgan fingerprint density at radius 2 is 1.92 bits per heavy atom. The number of ether oxygens (including phenoxy) is 1. The molecule has 14 nitrogen and oxygen atoms in total. The Morgan fingerprint density at radius 1 is 1.17 bits per heavy atom. The van der Waals surface area contributed by atoms with Gasteiger partial charge in [0.05, 0.1) is 11.8 Å². The number of hydrogen-bond acceptors (Lipinski definition) is 11. The average molecular weight is 700 g/mol. The highest BCUT2D eigenvalue weighted by Crippen LogP contribution is 2.45. The molecule has 4 amide bonds. The van der Waals surface area contributed by atoms with E-state index in [0.717, 1.165) is 12.8 Å². The summed E-state index contributed by atoms with van der Waals surface area (Å²) in [6.45, 7) is 9.24. The molecule has 0 aromatic carbocycles. The molecule has 4 aliphatic rings. The zero-order chi connectivity index (χ0) is 34.4. The molecule has 48 heavy (non-hydrogen) atoms. The summed E-state index contributed by atoms with van der Waals surface area (Å²) < 4.78 is 33.5. The summed E-state index contributed by atoms with van der Waals surface area (Å²) in [6.07, 6.45) is 7.39. The van der Waals surface area contributed by atoms with Gasteiger partial charge in [0, 0.05) is 36.5 Å². The number of carbonyl (C=O) groups is 4. The number of likely N-dealkylation sites (tertiary alicyclic amines) is 1. The number of amides is 4. The predicted molar refractivity (Wildman–Crippen MR) is 176 cm³/mol. The first-order valence-corrected chi connectivity index (χ1v) is 18.6. The lowest BCUT2D eigenvalue weighted by Gasteiger charge is -2.35. The van der Waals surface area contributed by atoms with Crippen molar-refractivity contribution in [3.8, 4) is 16.7 Å². The summed E-state index contributed by atoms with van der Waals surface area (Å²) in [7, 11) is -3.87. The molecule has 16 heteroatoms. The molecule has 2 aromatic rings. The van der Waals surface area contributed by atoms with E-state index >= 15 is 0 Å². The topological polar surface area (TPSA) is 190 Å². The molecule has 5 atom stereocenters. The first kappa shape index (κ1) is 34.0. The van der Waals surface area contributed by atoms with Crippen molar-refractivity contribution in [1.29, 1.82) is 0 Å². The summed E-state index contributed by atoms with van der Waals surface area (Å²) in [5.74, 6) is -2.37. The molecular formula is C32H41N7O7S2. The second-order valence-corrected chi connectivity index (χ2v) is 17.1. The van der Waals surface area contributed by atoms with E-state index in [1.165, 1.54) is 28.5 Å². The number of carbonyl (C=O) groups excluding carboxylic acids is 4. The molecule has 2 aromatic heterocycles. The zero-order valence-electron chi connectivity index (χ0n) is 27.2. The Balaban J connectivity index is 1.25. The van der Waals surface area contributed by atoms with E-state index in [1.54, 1.807) is 12.3 Å². The van der Waals surface area contributed by atoms with Crippen LogP contribution in [0.2, 0.25) is 0 Å².